The molecule has 0 saturated heterocycles. The lowest BCUT2D eigenvalue weighted by Crippen LogP contribution is -1.84. The summed E-state index contributed by atoms with van der Waals surface area (Å²) in [6, 6.07) is 5.98. The Balaban J connectivity index is 2.79. The highest BCUT2D eigenvalue weighted by molar-refractivity contribution is 9.10. The Hall–Kier alpha value is -0.470. The molecule has 1 nitrogen and oxygen atoms in total. The second-order valence-electron chi connectivity index (χ2n) is 2.77. The molecule has 0 unspecified atom stereocenters. The summed E-state index contributed by atoms with van der Waals surface area (Å²) in [6.45, 7) is 0. The van der Waals surface area contributed by atoms with E-state index in [4.69, 9.17) is 16.3 Å². The normalized spacial score (nSPS) is 10.8. The van der Waals surface area contributed by atoms with Crippen molar-refractivity contribution in [2.75, 3.05) is 13.0 Å². The van der Waals surface area contributed by atoms with Gasteiger partial charge in [-0.3, -0.25) is 0 Å². The van der Waals surface area contributed by atoms with E-state index in [1.54, 1.807) is 7.11 Å². The Morgan fingerprint density at radius 2 is 2.29 bits per heavy atom. The second kappa shape index (κ2) is 6.10. The van der Waals surface area contributed by atoms with E-state index >= 15 is 0 Å². The fourth-order valence-corrected chi connectivity index (χ4v) is 1.60. The summed E-state index contributed by atoms with van der Waals surface area (Å²) in [4.78, 5) is 0. The maximum atomic E-state index is 5.57. The van der Waals surface area contributed by atoms with Crippen LogP contribution < -0.4 is 4.74 Å². The van der Waals surface area contributed by atoms with Crippen LogP contribution in [0.5, 0.6) is 5.75 Å². The van der Waals surface area contributed by atoms with E-state index in [0.29, 0.717) is 5.88 Å². The second-order valence-corrected chi connectivity index (χ2v) is 4.01. The molecule has 0 fully saturated rings. The Kier molecular flexibility index (Phi) is 5.05. The molecule has 0 aliphatic heterocycles. The average molecular weight is 276 g/mol. The van der Waals surface area contributed by atoms with E-state index < -0.39 is 0 Å². The van der Waals surface area contributed by atoms with Crippen LogP contribution in [0.2, 0.25) is 0 Å². The first-order valence-corrected chi connectivity index (χ1v) is 5.66. The molecule has 0 aromatic heterocycles. The van der Waals surface area contributed by atoms with Crippen molar-refractivity contribution < 1.29 is 4.74 Å². The molecule has 0 aliphatic carbocycles. The molecule has 0 N–H and O–H groups in total. The molecular weight excluding hydrogens is 263 g/mol. The van der Waals surface area contributed by atoms with Crippen molar-refractivity contribution in [1.29, 1.82) is 0 Å². The quantitative estimate of drug-likeness (QED) is 0.752. The first-order chi connectivity index (χ1) is 6.77. The van der Waals surface area contributed by atoms with Crippen molar-refractivity contribution in [2.24, 2.45) is 0 Å². The molecule has 0 saturated carbocycles. The van der Waals surface area contributed by atoms with Gasteiger partial charge in [0.1, 0.15) is 5.75 Å². The molecule has 0 radical (unpaired) electrons. The molecule has 1 aromatic rings. The molecule has 1 rings (SSSR count). The lowest BCUT2D eigenvalue weighted by Gasteiger charge is -2.03. The molecule has 14 heavy (non-hydrogen) atoms. The first-order valence-electron chi connectivity index (χ1n) is 4.34. The zero-order valence-electron chi connectivity index (χ0n) is 7.97. The van der Waals surface area contributed by atoms with Crippen LogP contribution in [-0.2, 0) is 0 Å². The topological polar surface area (TPSA) is 9.23 Å². The van der Waals surface area contributed by atoms with Gasteiger partial charge in [-0.2, -0.15) is 0 Å². The van der Waals surface area contributed by atoms with Crippen molar-refractivity contribution in [3.8, 4) is 5.75 Å². The summed E-state index contributed by atoms with van der Waals surface area (Å²) in [5.74, 6) is 1.50. The van der Waals surface area contributed by atoms with Crippen LogP contribution in [0.15, 0.2) is 28.7 Å². The summed E-state index contributed by atoms with van der Waals surface area (Å²) in [7, 11) is 1.66. The van der Waals surface area contributed by atoms with E-state index in [1.807, 2.05) is 24.3 Å². The largest absolute Gasteiger partial charge is 0.496 e. The molecule has 0 spiro atoms. The summed E-state index contributed by atoms with van der Waals surface area (Å²) < 4.78 is 6.15. The fourth-order valence-electron chi connectivity index (χ4n) is 1.06. The standard InChI is InChI=1S/C11H12BrClO/c1-14-11-8-9(4-2-3-7-13)5-6-10(11)12/h2,4-6,8H,3,7H2,1H3. The molecule has 76 valence electrons. The van der Waals surface area contributed by atoms with Crippen molar-refractivity contribution in [1.82, 2.24) is 0 Å². The Labute approximate surface area is 97.9 Å². The first kappa shape index (κ1) is 11.6. The van der Waals surface area contributed by atoms with Gasteiger partial charge in [0.05, 0.1) is 11.6 Å². The third-order valence-electron chi connectivity index (χ3n) is 1.76. The van der Waals surface area contributed by atoms with Crippen LogP contribution in [-0.4, -0.2) is 13.0 Å². The molecule has 0 heterocycles. The number of hydrogen-bond donors (Lipinski definition) is 0. The van der Waals surface area contributed by atoms with Gasteiger partial charge >= 0.3 is 0 Å². The molecular formula is C11H12BrClO. The lowest BCUT2D eigenvalue weighted by molar-refractivity contribution is 0.412. The third-order valence-corrected chi connectivity index (χ3v) is 2.63. The van der Waals surface area contributed by atoms with E-state index in [9.17, 15) is 0 Å². The van der Waals surface area contributed by atoms with Crippen molar-refractivity contribution in [3.63, 3.8) is 0 Å². The molecule has 1 aromatic carbocycles. The molecule has 0 amide bonds. The molecule has 0 atom stereocenters. The maximum Gasteiger partial charge on any atom is 0.133 e. The van der Waals surface area contributed by atoms with Crippen LogP contribution in [0, 0.1) is 0 Å². The average Bonchev–Trinajstić information content (AvgIpc) is 2.21. The smallest absolute Gasteiger partial charge is 0.133 e. The minimum absolute atomic E-state index is 0.657. The van der Waals surface area contributed by atoms with Gasteiger partial charge in [-0.25, -0.2) is 0 Å². The highest BCUT2D eigenvalue weighted by Crippen LogP contribution is 2.26. The minimum atomic E-state index is 0.657. The lowest BCUT2D eigenvalue weighted by atomic mass is 10.2. The SMILES string of the molecule is COc1cc(C=CCCCl)ccc1Br. The number of allylic oxidation sites excluding steroid dienone is 1. The Bertz CT molecular complexity index is 323. The summed E-state index contributed by atoms with van der Waals surface area (Å²) in [5, 5.41) is 0. The molecule has 3 heteroatoms. The molecule has 0 aliphatic rings. The van der Waals surface area contributed by atoms with Gasteiger partial charge in [0.15, 0.2) is 0 Å². The van der Waals surface area contributed by atoms with Crippen LogP contribution in [0.4, 0.5) is 0 Å². The number of halogens is 2. The zero-order chi connectivity index (χ0) is 10.4. The predicted octanol–water partition coefficient (Wildman–Crippen LogP) is 4.10. The summed E-state index contributed by atoms with van der Waals surface area (Å²) >= 11 is 8.97. The van der Waals surface area contributed by atoms with Crippen molar-refractivity contribution in [3.05, 3.63) is 34.3 Å². The number of rotatable bonds is 4. The zero-order valence-corrected chi connectivity index (χ0v) is 10.3. The fraction of sp³-hybridized carbons (Fsp3) is 0.273. The van der Waals surface area contributed by atoms with Gasteiger partial charge < -0.3 is 4.74 Å². The Morgan fingerprint density at radius 3 is 2.93 bits per heavy atom. The Morgan fingerprint density at radius 1 is 1.50 bits per heavy atom. The maximum absolute atomic E-state index is 5.57. The summed E-state index contributed by atoms with van der Waals surface area (Å²) in [5.41, 5.74) is 1.12. The van der Waals surface area contributed by atoms with Gasteiger partial charge in [-0.15, -0.1) is 11.6 Å². The minimum Gasteiger partial charge on any atom is -0.496 e. The van der Waals surface area contributed by atoms with Gasteiger partial charge in [0, 0.05) is 5.88 Å². The monoisotopic (exact) mass is 274 g/mol. The molecule has 0 bridgehead atoms. The summed E-state index contributed by atoms with van der Waals surface area (Å²) in [6.07, 6.45) is 4.98. The number of ether oxygens (including phenoxy) is 1. The van der Waals surface area contributed by atoms with Gasteiger partial charge in [-0.1, -0.05) is 18.2 Å². The van der Waals surface area contributed by atoms with Gasteiger partial charge in [0.25, 0.3) is 0 Å². The van der Waals surface area contributed by atoms with Crippen molar-refractivity contribution in [2.45, 2.75) is 6.42 Å². The van der Waals surface area contributed by atoms with E-state index in [0.717, 1.165) is 22.2 Å². The number of alkyl halides is 1. The van der Waals surface area contributed by atoms with Gasteiger partial charge in [-0.05, 0) is 40.0 Å². The van der Waals surface area contributed by atoms with Crippen LogP contribution in [0.25, 0.3) is 6.08 Å². The van der Waals surface area contributed by atoms with Crippen LogP contribution in [0.3, 0.4) is 0 Å². The number of methoxy groups -OCH3 is 1. The highest BCUT2D eigenvalue weighted by Gasteiger charge is 1.98. The highest BCUT2D eigenvalue weighted by atomic mass is 79.9. The number of hydrogen-bond acceptors (Lipinski definition) is 1. The predicted molar refractivity (Wildman–Crippen MR) is 65.1 cm³/mol. The third kappa shape index (κ3) is 3.35. The van der Waals surface area contributed by atoms with E-state index in [2.05, 4.69) is 22.0 Å². The van der Waals surface area contributed by atoms with Crippen LogP contribution >= 0.6 is 27.5 Å². The van der Waals surface area contributed by atoms with Gasteiger partial charge in [0.2, 0.25) is 0 Å². The van der Waals surface area contributed by atoms with Crippen molar-refractivity contribution >= 4 is 33.6 Å². The number of benzene rings is 1. The van der Waals surface area contributed by atoms with E-state index in [-0.39, 0.29) is 0 Å². The van der Waals surface area contributed by atoms with E-state index in [1.165, 1.54) is 0 Å². The van der Waals surface area contributed by atoms with Crippen LogP contribution in [0.1, 0.15) is 12.0 Å².